The number of aliphatic carboxylic acids is 1. The second kappa shape index (κ2) is 18.5. The first kappa shape index (κ1) is 29.9. The van der Waals surface area contributed by atoms with E-state index in [2.05, 4.69) is 6.92 Å². The number of aliphatic hydroxyl groups is 5. The largest absolute Gasteiger partial charge is 0.481 e. The number of carboxylic acids is 1. The zero-order chi connectivity index (χ0) is 23.6. The molecule has 1 unspecified atom stereocenters. The lowest BCUT2D eigenvalue weighted by molar-refractivity contribution is -0.147. The quantitative estimate of drug-likeness (QED) is 0.146. The number of ketones is 1. The van der Waals surface area contributed by atoms with Crippen LogP contribution in [0.25, 0.3) is 0 Å². The third-order valence-electron chi connectivity index (χ3n) is 5.82. The topological polar surface area (TPSA) is 156 Å². The molecule has 0 spiro atoms. The van der Waals surface area contributed by atoms with Crippen molar-refractivity contribution >= 4 is 11.8 Å². The maximum absolute atomic E-state index is 11.9. The first-order valence-corrected chi connectivity index (χ1v) is 11.8. The number of hydrogen-bond acceptors (Lipinski definition) is 7. The van der Waals surface area contributed by atoms with Gasteiger partial charge in [-0.15, -0.1) is 0 Å². The van der Waals surface area contributed by atoms with Crippen LogP contribution in [0.3, 0.4) is 0 Å². The number of carboxylic acid groups (broad SMARTS) is 1. The Morgan fingerprint density at radius 1 is 0.710 bits per heavy atom. The highest BCUT2D eigenvalue weighted by Gasteiger charge is 2.33. The second-order valence-electron chi connectivity index (χ2n) is 8.54. The van der Waals surface area contributed by atoms with Crippen molar-refractivity contribution in [3.63, 3.8) is 0 Å². The average molecular weight is 449 g/mol. The van der Waals surface area contributed by atoms with Gasteiger partial charge in [0, 0.05) is 6.42 Å². The van der Waals surface area contributed by atoms with Crippen molar-refractivity contribution in [2.75, 3.05) is 6.61 Å². The van der Waals surface area contributed by atoms with Gasteiger partial charge >= 0.3 is 5.97 Å². The molecule has 5 atom stereocenters. The summed E-state index contributed by atoms with van der Waals surface area (Å²) in [7, 11) is 0. The smallest absolute Gasteiger partial charge is 0.306 e. The van der Waals surface area contributed by atoms with Gasteiger partial charge in [-0.25, -0.2) is 0 Å². The lowest BCUT2D eigenvalue weighted by Gasteiger charge is -2.24. The van der Waals surface area contributed by atoms with Crippen LogP contribution in [-0.4, -0.2) is 73.4 Å². The van der Waals surface area contributed by atoms with Crippen LogP contribution in [0.2, 0.25) is 0 Å². The van der Waals surface area contributed by atoms with Crippen molar-refractivity contribution < 1.29 is 40.2 Å². The SMILES string of the molecule is CCCCCCCCCCC(CCCCCC(=O)[C@H](O)[C@@H](O)[C@H](O)[C@H](O)CO)C(=O)O. The van der Waals surface area contributed by atoms with Crippen molar-refractivity contribution in [1.29, 1.82) is 0 Å². The summed E-state index contributed by atoms with van der Waals surface area (Å²) in [4.78, 5) is 23.4. The average Bonchev–Trinajstić information content (AvgIpc) is 2.76. The predicted octanol–water partition coefficient (Wildman–Crippen LogP) is 2.17. The van der Waals surface area contributed by atoms with Crippen LogP contribution in [0.15, 0.2) is 0 Å². The molecule has 0 radical (unpaired) electrons. The van der Waals surface area contributed by atoms with Crippen LogP contribution in [0.4, 0.5) is 0 Å². The maximum Gasteiger partial charge on any atom is 0.306 e. The molecule has 0 saturated carbocycles. The maximum atomic E-state index is 11.9. The molecule has 0 amide bonds. The van der Waals surface area contributed by atoms with Gasteiger partial charge in [0.25, 0.3) is 0 Å². The van der Waals surface area contributed by atoms with Crippen LogP contribution in [0, 0.1) is 5.92 Å². The molecule has 8 nitrogen and oxygen atoms in total. The zero-order valence-corrected chi connectivity index (χ0v) is 19.0. The third-order valence-corrected chi connectivity index (χ3v) is 5.82. The first-order chi connectivity index (χ1) is 14.8. The van der Waals surface area contributed by atoms with E-state index in [0.29, 0.717) is 32.1 Å². The van der Waals surface area contributed by atoms with Gasteiger partial charge in [0.05, 0.1) is 12.5 Å². The number of carbonyl (C=O) groups is 2. The molecule has 0 heterocycles. The van der Waals surface area contributed by atoms with Crippen LogP contribution >= 0.6 is 0 Å². The predicted molar refractivity (Wildman–Crippen MR) is 118 cm³/mol. The number of rotatable bonds is 21. The summed E-state index contributed by atoms with van der Waals surface area (Å²) < 4.78 is 0. The van der Waals surface area contributed by atoms with E-state index in [1.54, 1.807) is 0 Å². The van der Waals surface area contributed by atoms with Crippen LogP contribution in [-0.2, 0) is 9.59 Å². The van der Waals surface area contributed by atoms with Crippen molar-refractivity contribution in [2.24, 2.45) is 5.92 Å². The minimum Gasteiger partial charge on any atom is -0.481 e. The minimum absolute atomic E-state index is 0.0179. The van der Waals surface area contributed by atoms with E-state index in [-0.39, 0.29) is 12.3 Å². The molecular formula is C23H44O8. The number of unbranched alkanes of at least 4 members (excludes halogenated alkanes) is 9. The molecule has 0 saturated heterocycles. The van der Waals surface area contributed by atoms with E-state index in [1.807, 2.05) is 0 Å². The van der Waals surface area contributed by atoms with Gasteiger partial charge in [0.1, 0.15) is 24.4 Å². The summed E-state index contributed by atoms with van der Waals surface area (Å²) >= 11 is 0. The lowest BCUT2D eigenvalue weighted by Crippen LogP contribution is -2.48. The summed E-state index contributed by atoms with van der Waals surface area (Å²) in [6.45, 7) is 1.39. The van der Waals surface area contributed by atoms with Gasteiger partial charge in [0.15, 0.2) is 5.78 Å². The molecule has 0 fully saturated rings. The summed E-state index contributed by atoms with van der Waals surface area (Å²) in [6.07, 6.45) is 5.09. The molecule has 31 heavy (non-hydrogen) atoms. The van der Waals surface area contributed by atoms with Gasteiger partial charge in [-0.05, 0) is 19.3 Å². The molecule has 0 aromatic rings. The Kier molecular flexibility index (Phi) is 17.9. The van der Waals surface area contributed by atoms with Gasteiger partial charge in [-0.1, -0.05) is 71.1 Å². The molecule has 6 N–H and O–H groups in total. The Bertz CT molecular complexity index is 470. The molecule has 8 heteroatoms. The number of carbonyl (C=O) groups excluding carboxylic acids is 1. The van der Waals surface area contributed by atoms with Crippen LogP contribution in [0.5, 0.6) is 0 Å². The fourth-order valence-electron chi connectivity index (χ4n) is 3.64. The lowest BCUT2D eigenvalue weighted by atomic mass is 9.93. The van der Waals surface area contributed by atoms with Gasteiger partial charge in [0.2, 0.25) is 0 Å². The Hall–Kier alpha value is -1.06. The zero-order valence-electron chi connectivity index (χ0n) is 19.0. The molecule has 184 valence electrons. The third kappa shape index (κ3) is 13.9. The van der Waals surface area contributed by atoms with Crippen molar-refractivity contribution in [1.82, 2.24) is 0 Å². The second-order valence-corrected chi connectivity index (χ2v) is 8.54. The normalized spacial score (nSPS) is 16.5. The van der Waals surface area contributed by atoms with E-state index in [0.717, 1.165) is 19.3 Å². The van der Waals surface area contributed by atoms with E-state index >= 15 is 0 Å². The molecule has 0 aliphatic carbocycles. The molecule has 0 rings (SSSR count). The number of aliphatic hydroxyl groups excluding tert-OH is 5. The van der Waals surface area contributed by atoms with Crippen molar-refractivity contribution in [3.05, 3.63) is 0 Å². The Morgan fingerprint density at radius 2 is 1.19 bits per heavy atom. The van der Waals surface area contributed by atoms with Crippen molar-refractivity contribution in [3.8, 4) is 0 Å². The fourth-order valence-corrected chi connectivity index (χ4v) is 3.64. The highest BCUT2D eigenvalue weighted by atomic mass is 16.4. The molecule has 0 aromatic heterocycles. The number of hydrogen-bond donors (Lipinski definition) is 6. The molecule has 0 bridgehead atoms. The molecule has 0 aliphatic heterocycles. The Labute approximate surface area is 186 Å². The van der Waals surface area contributed by atoms with Crippen LogP contribution in [0.1, 0.15) is 96.8 Å². The van der Waals surface area contributed by atoms with E-state index < -0.39 is 42.8 Å². The number of Topliss-reactive ketones (excluding diaryl/α,β-unsaturated/α-hetero) is 1. The molecule has 0 aliphatic rings. The molecule has 0 aromatic carbocycles. The van der Waals surface area contributed by atoms with Gasteiger partial charge in [-0.3, -0.25) is 9.59 Å². The monoisotopic (exact) mass is 448 g/mol. The standard InChI is InChI=1S/C23H44O8/c1-2-3-4-5-6-7-8-10-13-17(23(30)31)14-11-9-12-15-18(25)20(27)22(29)21(28)19(26)16-24/h17,19-22,24,26-29H,2-16H2,1H3,(H,30,31)/t17?,19-,20+,21-,22-/m1/s1. The summed E-state index contributed by atoms with van der Waals surface area (Å²) in [5.74, 6) is -1.82. The Morgan fingerprint density at radius 3 is 1.68 bits per heavy atom. The van der Waals surface area contributed by atoms with Crippen LogP contribution < -0.4 is 0 Å². The highest BCUT2D eigenvalue weighted by molar-refractivity contribution is 5.83. The Balaban J connectivity index is 4.00. The summed E-state index contributed by atoms with van der Waals surface area (Å²) in [5, 5.41) is 56.5. The molecular weight excluding hydrogens is 404 g/mol. The van der Waals surface area contributed by atoms with E-state index in [9.17, 15) is 35.1 Å². The summed E-state index contributed by atoms with van der Waals surface area (Å²) in [5.41, 5.74) is 0. The van der Waals surface area contributed by atoms with Gasteiger partial charge in [-0.2, -0.15) is 0 Å². The van der Waals surface area contributed by atoms with Gasteiger partial charge < -0.3 is 30.6 Å². The highest BCUT2D eigenvalue weighted by Crippen LogP contribution is 2.20. The fraction of sp³-hybridized carbons (Fsp3) is 0.913. The van der Waals surface area contributed by atoms with E-state index in [1.165, 1.54) is 32.1 Å². The van der Waals surface area contributed by atoms with E-state index in [4.69, 9.17) is 5.11 Å². The summed E-state index contributed by atoms with van der Waals surface area (Å²) in [6, 6.07) is 0. The van der Waals surface area contributed by atoms with Crippen molar-refractivity contribution in [2.45, 2.75) is 121 Å². The first-order valence-electron chi connectivity index (χ1n) is 11.8. The minimum atomic E-state index is -1.88.